The van der Waals surface area contributed by atoms with Crippen LogP contribution in [0.2, 0.25) is 0 Å². The van der Waals surface area contributed by atoms with E-state index in [1.54, 1.807) is 10.9 Å². The van der Waals surface area contributed by atoms with Gasteiger partial charge in [0.25, 0.3) is 0 Å². The summed E-state index contributed by atoms with van der Waals surface area (Å²) in [7, 11) is 1.94. The molecule has 0 fully saturated rings. The van der Waals surface area contributed by atoms with Crippen molar-refractivity contribution in [2.24, 2.45) is 0 Å². The molecule has 34 heavy (non-hydrogen) atoms. The largest absolute Gasteiger partial charge is 0.379 e. The topological polar surface area (TPSA) is 150 Å². The molecule has 4 N–H and O–H groups in total. The summed E-state index contributed by atoms with van der Waals surface area (Å²) in [4.78, 5) is 14.3. The van der Waals surface area contributed by atoms with E-state index in [9.17, 15) is 4.79 Å². The van der Waals surface area contributed by atoms with Gasteiger partial charge in [-0.05, 0) is 6.42 Å². The Morgan fingerprint density at radius 3 is 2.68 bits per heavy atom. The van der Waals surface area contributed by atoms with Gasteiger partial charge in [-0.1, -0.05) is 17.4 Å². The Labute approximate surface area is 199 Å². The van der Waals surface area contributed by atoms with E-state index in [1.165, 1.54) is 0 Å². The highest BCUT2D eigenvalue weighted by molar-refractivity contribution is 5.75. The summed E-state index contributed by atoms with van der Waals surface area (Å²) in [6.07, 6.45) is 6.87. The number of aryl methyl sites for hydroxylation is 1. The number of amides is 1. The molecule has 0 unspecified atom stereocenters. The van der Waals surface area contributed by atoms with Gasteiger partial charge in [-0.15, -0.1) is 15.7 Å². The van der Waals surface area contributed by atoms with Gasteiger partial charge in [0.05, 0.1) is 43.5 Å². The monoisotopic (exact) mass is 477 g/mol. The number of H-pyrrole nitrogens is 1. The first-order chi connectivity index (χ1) is 16.6. The number of aromatic amines is 1. The number of carbonyl (C=O) groups is 1. The zero-order chi connectivity index (χ0) is 24.0. The van der Waals surface area contributed by atoms with Gasteiger partial charge in [0.15, 0.2) is 0 Å². The van der Waals surface area contributed by atoms with Crippen LogP contribution in [0.25, 0.3) is 0 Å². The van der Waals surface area contributed by atoms with E-state index in [2.05, 4.69) is 53.8 Å². The average Bonchev–Trinajstić information content (AvgIpc) is 3.58. The van der Waals surface area contributed by atoms with Crippen LogP contribution in [0.3, 0.4) is 0 Å². The quantitative estimate of drug-likeness (QED) is 0.211. The average molecular weight is 478 g/mol. The molecule has 0 radical (unpaired) electrons. The second-order valence-electron chi connectivity index (χ2n) is 7.86. The predicted molar refractivity (Wildman–Crippen MR) is 122 cm³/mol. The highest BCUT2D eigenvalue weighted by Gasteiger charge is 2.18. The van der Waals surface area contributed by atoms with Gasteiger partial charge in [0.2, 0.25) is 5.91 Å². The molecular formula is C20H35N11O3. The van der Waals surface area contributed by atoms with Gasteiger partial charge in [-0.2, -0.15) is 0 Å². The van der Waals surface area contributed by atoms with Crippen molar-refractivity contribution in [3.05, 3.63) is 35.7 Å². The molecule has 188 valence electrons. The first-order valence-corrected chi connectivity index (χ1v) is 11.5. The smallest absolute Gasteiger partial charge is 0.221 e. The number of carbonyl (C=O) groups excluding carboxylic acids is 1. The third kappa shape index (κ3) is 9.05. The van der Waals surface area contributed by atoms with E-state index >= 15 is 0 Å². The van der Waals surface area contributed by atoms with Crippen LogP contribution in [0.4, 0.5) is 0 Å². The number of hydrogen-bond acceptors (Lipinski definition) is 11. The first-order valence-electron chi connectivity index (χ1n) is 11.5. The van der Waals surface area contributed by atoms with E-state index in [1.807, 2.05) is 24.5 Å². The van der Waals surface area contributed by atoms with E-state index in [0.717, 1.165) is 30.1 Å². The van der Waals surface area contributed by atoms with Crippen LogP contribution in [0.5, 0.6) is 0 Å². The summed E-state index contributed by atoms with van der Waals surface area (Å²) in [5.74, 6) is -0.0493. The Kier molecular flexibility index (Phi) is 10.7. The molecule has 0 bridgehead atoms. The summed E-state index contributed by atoms with van der Waals surface area (Å²) in [5.41, 5.74) is 8.71. The van der Waals surface area contributed by atoms with Crippen molar-refractivity contribution in [2.45, 2.75) is 39.4 Å². The number of nitrogens with one attached hydrogen (secondary N) is 4. The molecule has 0 aliphatic carbocycles. The lowest BCUT2D eigenvalue weighted by Crippen LogP contribution is -2.37. The van der Waals surface area contributed by atoms with Crippen molar-refractivity contribution in [1.29, 1.82) is 0 Å². The Balaban J connectivity index is 1.38. The molecular weight excluding hydrogens is 442 g/mol. The number of likely N-dealkylation sites (N-methyl/N-ethyl adjacent to an activating group) is 1. The Bertz CT molecular complexity index is 871. The summed E-state index contributed by atoms with van der Waals surface area (Å²) in [6, 6.07) is 0. The number of ether oxygens (including phenoxy) is 2. The van der Waals surface area contributed by atoms with Crippen molar-refractivity contribution in [3.63, 3.8) is 0 Å². The normalized spacial score (nSPS) is 13.4. The lowest BCUT2D eigenvalue weighted by molar-refractivity contribution is -0.121. The predicted octanol–water partition coefficient (Wildman–Crippen LogP) is -0.856. The van der Waals surface area contributed by atoms with Crippen LogP contribution in [0, 0.1) is 0 Å². The minimum absolute atomic E-state index is 0.0493. The van der Waals surface area contributed by atoms with E-state index < -0.39 is 0 Å². The molecule has 0 saturated heterocycles. The van der Waals surface area contributed by atoms with E-state index in [-0.39, 0.29) is 5.91 Å². The highest BCUT2D eigenvalue weighted by atomic mass is 16.5. The van der Waals surface area contributed by atoms with Gasteiger partial charge >= 0.3 is 0 Å². The van der Waals surface area contributed by atoms with Crippen LogP contribution in [-0.2, 0) is 33.9 Å². The molecule has 14 heteroatoms. The van der Waals surface area contributed by atoms with Crippen molar-refractivity contribution in [2.75, 3.05) is 46.6 Å². The number of hydrogen-bond donors (Lipinski definition) is 4. The minimum Gasteiger partial charge on any atom is -0.379 e. The fraction of sp³-hybridized carbons (Fsp3) is 0.650. The molecule has 3 rings (SSSR count). The van der Waals surface area contributed by atoms with Crippen LogP contribution >= 0.6 is 0 Å². The molecule has 1 aliphatic rings. The molecule has 0 aromatic carbocycles. The van der Waals surface area contributed by atoms with Crippen molar-refractivity contribution < 1.29 is 14.3 Å². The van der Waals surface area contributed by atoms with Gasteiger partial charge in [0.1, 0.15) is 0 Å². The fourth-order valence-electron chi connectivity index (χ4n) is 3.24. The number of nitrogens with zero attached hydrogens (tertiary/aromatic N) is 7. The lowest BCUT2D eigenvalue weighted by atomic mass is 10.3. The molecule has 14 nitrogen and oxygen atoms in total. The Hall–Kier alpha value is -3.07. The Morgan fingerprint density at radius 1 is 1.12 bits per heavy atom. The van der Waals surface area contributed by atoms with Crippen LogP contribution in [0.1, 0.15) is 31.2 Å². The fourth-order valence-corrected chi connectivity index (χ4v) is 3.24. The SMILES string of the molecule is CCCOCCOCCNC(=O)CCn1cc(CN(CC2=CNNN2C)Cc2c[nH]nn2)nn1. The summed E-state index contributed by atoms with van der Waals surface area (Å²) >= 11 is 0. The van der Waals surface area contributed by atoms with Crippen molar-refractivity contribution in [1.82, 2.24) is 56.6 Å². The standard InChI is InChI=1S/C20H35N11O3/c1-3-7-33-9-10-34-8-5-21-20(32)4-6-31-15-18(25-28-31)14-30(13-17-11-22-26-24-17)16-19-12-23-27-29(19)2/h11-12,15,23,27H,3-10,13-14,16H2,1-2H3,(H,21,32)(H,22,24,26). The van der Waals surface area contributed by atoms with Crippen LogP contribution in [-0.4, -0.2) is 92.8 Å². The van der Waals surface area contributed by atoms with Gasteiger partial charge < -0.3 is 20.2 Å². The van der Waals surface area contributed by atoms with Gasteiger partial charge in [-0.25, -0.2) is 0 Å². The zero-order valence-electron chi connectivity index (χ0n) is 19.9. The lowest BCUT2D eigenvalue weighted by Gasteiger charge is -2.23. The van der Waals surface area contributed by atoms with Crippen molar-refractivity contribution in [3.8, 4) is 0 Å². The number of rotatable bonds is 17. The molecule has 1 aliphatic heterocycles. The second-order valence-corrected chi connectivity index (χ2v) is 7.86. The molecule has 0 spiro atoms. The zero-order valence-corrected chi connectivity index (χ0v) is 19.9. The molecule has 1 amide bonds. The molecule has 2 aromatic rings. The van der Waals surface area contributed by atoms with Crippen LogP contribution in [0.15, 0.2) is 24.3 Å². The van der Waals surface area contributed by atoms with E-state index in [0.29, 0.717) is 59.0 Å². The third-order valence-corrected chi connectivity index (χ3v) is 4.97. The van der Waals surface area contributed by atoms with Gasteiger partial charge in [0, 0.05) is 64.8 Å². The van der Waals surface area contributed by atoms with Crippen LogP contribution < -0.4 is 16.3 Å². The maximum atomic E-state index is 12.1. The first kappa shape index (κ1) is 25.6. The van der Waals surface area contributed by atoms with Crippen molar-refractivity contribution >= 4 is 5.91 Å². The second kappa shape index (κ2) is 14.2. The summed E-state index contributed by atoms with van der Waals surface area (Å²) < 4.78 is 12.5. The minimum atomic E-state index is -0.0493. The molecule has 0 saturated carbocycles. The third-order valence-electron chi connectivity index (χ3n) is 4.97. The van der Waals surface area contributed by atoms with Gasteiger partial charge in [-0.3, -0.25) is 24.5 Å². The molecule has 0 atom stereocenters. The number of aromatic nitrogens is 6. The number of hydrazine groups is 2. The summed E-state index contributed by atoms with van der Waals surface area (Å²) in [5, 5.41) is 23.8. The molecule has 2 aromatic heterocycles. The molecule has 3 heterocycles. The maximum Gasteiger partial charge on any atom is 0.221 e. The maximum absolute atomic E-state index is 12.1. The van der Waals surface area contributed by atoms with E-state index in [4.69, 9.17) is 9.47 Å². The summed E-state index contributed by atoms with van der Waals surface area (Å²) in [6.45, 7) is 7.16. The highest BCUT2D eigenvalue weighted by Crippen LogP contribution is 2.11. The Morgan fingerprint density at radius 2 is 1.94 bits per heavy atom.